The average Bonchev–Trinajstić information content (AvgIpc) is 2.79. The second-order valence-electron chi connectivity index (χ2n) is 6.99. The zero-order chi connectivity index (χ0) is 24.0. The van der Waals surface area contributed by atoms with Gasteiger partial charge in [-0.1, -0.05) is 48.0 Å². The summed E-state index contributed by atoms with van der Waals surface area (Å²) in [5, 5.41) is 10.9. The molecular formula is C24H18ClNO7. The van der Waals surface area contributed by atoms with Crippen molar-refractivity contribution in [2.75, 3.05) is 0 Å². The second kappa shape index (κ2) is 10.3. The van der Waals surface area contributed by atoms with Gasteiger partial charge in [0.25, 0.3) is 5.69 Å². The van der Waals surface area contributed by atoms with Gasteiger partial charge in [-0.3, -0.25) is 10.1 Å². The van der Waals surface area contributed by atoms with Gasteiger partial charge in [0.05, 0.1) is 28.2 Å². The second-order valence-corrected chi connectivity index (χ2v) is 7.74. The van der Waals surface area contributed by atoms with E-state index in [1.165, 1.54) is 17.7 Å². The molecule has 33 heavy (non-hydrogen) atoms. The monoisotopic (exact) mass is 467 g/mol. The van der Waals surface area contributed by atoms with Crippen molar-refractivity contribution in [2.45, 2.75) is 6.92 Å². The normalized spacial score (nSPS) is 10.8. The number of nitro groups is 1. The number of aryl methyl sites for hydroxylation is 1. The van der Waals surface area contributed by atoms with Gasteiger partial charge in [0, 0.05) is 17.7 Å². The highest BCUT2D eigenvalue weighted by Gasteiger charge is 2.21. The van der Waals surface area contributed by atoms with Crippen LogP contribution in [-0.2, 0) is 0 Å². The van der Waals surface area contributed by atoms with Gasteiger partial charge in [-0.05, 0) is 36.8 Å². The van der Waals surface area contributed by atoms with Crippen LogP contribution in [0.15, 0.2) is 95.4 Å². The third-order valence-electron chi connectivity index (χ3n) is 4.60. The van der Waals surface area contributed by atoms with E-state index in [4.69, 9.17) is 23.1 Å². The quantitative estimate of drug-likeness (QED) is 0.253. The molecule has 0 N–H and O–H groups in total. The first kappa shape index (κ1) is 24.0. The van der Waals surface area contributed by atoms with Crippen molar-refractivity contribution in [3.05, 3.63) is 107 Å². The van der Waals surface area contributed by atoms with Crippen LogP contribution in [-0.4, -0.2) is 4.92 Å². The zero-order valence-electron chi connectivity index (χ0n) is 17.3. The predicted molar refractivity (Wildman–Crippen MR) is 111 cm³/mol. The third-order valence-corrected chi connectivity index (χ3v) is 4.60. The van der Waals surface area contributed by atoms with E-state index in [-0.39, 0.29) is 5.69 Å². The Hall–Kier alpha value is -3.66. The maximum Gasteiger partial charge on any atom is 0.361 e. The summed E-state index contributed by atoms with van der Waals surface area (Å²) < 4.78 is 40.2. The molecule has 0 aliphatic carbocycles. The van der Waals surface area contributed by atoms with Crippen molar-refractivity contribution >= 4 is 5.69 Å². The summed E-state index contributed by atoms with van der Waals surface area (Å²) in [6.07, 6.45) is 0. The minimum absolute atomic E-state index is 0.0572. The summed E-state index contributed by atoms with van der Waals surface area (Å²) in [5.41, 5.74) is 5.11. The molecule has 1 aromatic heterocycles. The fourth-order valence-electron chi connectivity index (χ4n) is 3.05. The van der Waals surface area contributed by atoms with Crippen LogP contribution >= 0.6 is 0 Å². The van der Waals surface area contributed by atoms with E-state index >= 15 is 0 Å². The van der Waals surface area contributed by atoms with Gasteiger partial charge in [-0.2, -0.15) is 0 Å². The Kier molecular flexibility index (Phi) is 7.49. The molecule has 0 saturated heterocycles. The van der Waals surface area contributed by atoms with Crippen molar-refractivity contribution in [3.63, 3.8) is 0 Å². The molecule has 8 nitrogen and oxygen atoms in total. The van der Waals surface area contributed by atoms with Crippen molar-refractivity contribution < 1.29 is 38.2 Å². The third kappa shape index (κ3) is 7.18. The molecule has 3 aromatic carbocycles. The van der Waals surface area contributed by atoms with Crippen LogP contribution in [0.25, 0.3) is 33.8 Å². The van der Waals surface area contributed by atoms with Crippen LogP contribution in [0.1, 0.15) is 5.56 Å². The fourth-order valence-corrected chi connectivity index (χ4v) is 3.05. The van der Waals surface area contributed by atoms with Gasteiger partial charge in [0.2, 0.25) is 0 Å². The summed E-state index contributed by atoms with van der Waals surface area (Å²) in [6.45, 7) is 2.05. The molecule has 0 fully saturated rings. The SMILES string of the molecule is Cc1ccc(-c2cc(-c3ccccc3)cc(-c3ccc([N+](=O)[O-])cc3)[o+]2)cc1.[O-][Cl+3]([O-])([O-])[O-]. The Morgan fingerprint density at radius 2 is 1.12 bits per heavy atom. The molecular weight excluding hydrogens is 450 g/mol. The lowest BCUT2D eigenvalue weighted by Crippen LogP contribution is -2.68. The molecule has 168 valence electrons. The molecule has 9 heteroatoms. The summed E-state index contributed by atoms with van der Waals surface area (Å²) >= 11 is 0. The van der Waals surface area contributed by atoms with Crippen molar-refractivity contribution in [3.8, 4) is 33.8 Å². The van der Waals surface area contributed by atoms with Crippen molar-refractivity contribution in [2.24, 2.45) is 0 Å². The number of halogens is 1. The van der Waals surface area contributed by atoms with E-state index < -0.39 is 15.2 Å². The van der Waals surface area contributed by atoms with Crippen LogP contribution in [0.3, 0.4) is 0 Å². The highest BCUT2D eigenvalue weighted by molar-refractivity contribution is 5.74. The molecule has 0 radical (unpaired) electrons. The van der Waals surface area contributed by atoms with Gasteiger partial charge >= 0.3 is 11.5 Å². The summed E-state index contributed by atoms with van der Waals surface area (Å²) in [6, 6.07) is 28.6. The Morgan fingerprint density at radius 1 is 0.667 bits per heavy atom. The van der Waals surface area contributed by atoms with Gasteiger partial charge in [-0.25, -0.2) is 23.1 Å². The molecule has 4 aromatic rings. The van der Waals surface area contributed by atoms with Crippen molar-refractivity contribution in [1.82, 2.24) is 0 Å². The molecule has 0 saturated carbocycles. The topological polar surface area (TPSA) is 147 Å². The van der Waals surface area contributed by atoms with Crippen LogP contribution in [0.5, 0.6) is 0 Å². The highest BCUT2D eigenvalue weighted by Crippen LogP contribution is 2.33. The highest BCUT2D eigenvalue weighted by atomic mass is 35.7. The van der Waals surface area contributed by atoms with Crippen LogP contribution < -0.4 is 18.6 Å². The Bertz CT molecular complexity index is 1220. The van der Waals surface area contributed by atoms with Gasteiger partial charge in [0.1, 0.15) is 0 Å². The van der Waals surface area contributed by atoms with E-state index in [0.29, 0.717) is 5.76 Å². The van der Waals surface area contributed by atoms with Crippen LogP contribution in [0.4, 0.5) is 5.69 Å². The molecule has 0 bridgehead atoms. The number of nitrogens with zero attached hydrogens (tertiary/aromatic N) is 1. The number of non-ortho nitro benzene ring substituents is 1. The Morgan fingerprint density at radius 3 is 1.58 bits per heavy atom. The number of rotatable bonds is 4. The number of nitro benzene ring substituents is 1. The molecule has 4 rings (SSSR count). The smallest absolute Gasteiger partial charge is 0.258 e. The van der Waals surface area contributed by atoms with E-state index in [0.717, 1.165) is 28.0 Å². The van der Waals surface area contributed by atoms with Gasteiger partial charge in [0.15, 0.2) is 0 Å². The van der Waals surface area contributed by atoms with E-state index in [2.05, 4.69) is 0 Å². The fraction of sp³-hybridized carbons (Fsp3) is 0.0417. The molecule has 0 amide bonds. The summed E-state index contributed by atoms with van der Waals surface area (Å²) in [4.78, 5) is 10.5. The maximum atomic E-state index is 10.9. The van der Waals surface area contributed by atoms with Crippen LogP contribution in [0.2, 0.25) is 0 Å². The zero-order valence-corrected chi connectivity index (χ0v) is 18.1. The lowest BCUT2D eigenvalue weighted by atomic mass is 10.0. The minimum atomic E-state index is -4.94. The molecule has 0 unspecified atom stereocenters. The minimum Gasteiger partial charge on any atom is -0.258 e. The lowest BCUT2D eigenvalue weighted by Gasteiger charge is -2.17. The van der Waals surface area contributed by atoms with Crippen molar-refractivity contribution in [1.29, 1.82) is 0 Å². The number of hydrogen-bond donors (Lipinski definition) is 0. The Balaban J connectivity index is 0.000000555. The first-order valence-electron chi connectivity index (χ1n) is 9.57. The number of hydrogen-bond acceptors (Lipinski definition) is 6. The predicted octanol–water partition coefficient (Wildman–Crippen LogP) is 2.02. The van der Waals surface area contributed by atoms with E-state index in [1.54, 1.807) is 12.1 Å². The standard InChI is InChI=1S/C24H18NO3.ClHO4/c1-17-7-9-19(10-8-17)23-15-21(18-5-3-2-4-6-18)16-24(28-23)20-11-13-22(14-12-20)25(26)27;2-1(3,4)5/h2-16H,1H3;(H,2,3,4,5)/q+1;/p-1. The molecule has 0 atom stereocenters. The molecule has 0 spiro atoms. The van der Waals surface area contributed by atoms with E-state index in [1.807, 2.05) is 73.7 Å². The van der Waals surface area contributed by atoms with Gasteiger partial charge in [-0.15, -0.1) is 10.2 Å². The maximum absolute atomic E-state index is 10.9. The lowest BCUT2D eigenvalue weighted by molar-refractivity contribution is -2.00. The number of benzene rings is 3. The largest absolute Gasteiger partial charge is 0.361 e. The van der Waals surface area contributed by atoms with Gasteiger partial charge < -0.3 is 0 Å². The molecule has 0 aliphatic rings. The molecule has 0 aliphatic heterocycles. The summed E-state index contributed by atoms with van der Waals surface area (Å²) in [5.74, 6) is 1.40. The Labute approximate surface area is 191 Å². The molecule has 1 heterocycles. The average molecular weight is 468 g/mol. The summed E-state index contributed by atoms with van der Waals surface area (Å²) in [7, 11) is -4.94. The van der Waals surface area contributed by atoms with E-state index in [9.17, 15) is 10.1 Å². The first-order valence-corrected chi connectivity index (χ1v) is 10.8. The van der Waals surface area contributed by atoms with Crippen LogP contribution in [0, 0.1) is 27.3 Å². The first-order chi connectivity index (χ1) is 15.6.